The number of nitrogens with one attached hydrogen (secondary N) is 1. The smallest absolute Gasteiger partial charge is 0.241 e. The lowest BCUT2D eigenvalue weighted by Crippen LogP contribution is -2.31. The fourth-order valence-corrected chi connectivity index (χ4v) is 3.92. The molecule has 1 aliphatic heterocycles. The quantitative estimate of drug-likeness (QED) is 0.828. The highest BCUT2D eigenvalue weighted by Crippen LogP contribution is 2.19. The van der Waals surface area contributed by atoms with Crippen molar-refractivity contribution >= 4 is 21.4 Å². The van der Waals surface area contributed by atoms with E-state index >= 15 is 0 Å². The Kier molecular flexibility index (Phi) is 4.16. The maximum Gasteiger partial charge on any atom is 0.241 e. The Hall–Kier alpha value is -0.470. The Labute approximate surface area is 105 Å². The van der Waals surface area contributed by atoms with Gasteiger partial charge in [-0.1, -0.05) is 0 Å². The third kappa shape index (κ3) is 3.26. The highest BCUT2D eigenvalue weighted by atomic mass is 32.2. The molecule has 0 spiro atoms. The van der Waals surface area contributed by atoms with E-state index in [1.165, 1.54) is 11.3 Å². The molecular formula is C10H16N2O3S2. The molecule has 1 aliphatic rings. The van der Waals surface area contributed by atoms with Crippen molar-refractivity contribution in [1.29, 1.82) is 0 Å². The van der Waals surface area contributed by atoms with Crippen LogP contribution in [0.3, 0.4) is 0 Å². The van der Waals surface area contributed by atoms with Gasteiger partial charge in [0, 0.05) is 30.0 Å². The Morgan fingerprint density at radius 3 is 3.00 bits per heavy atom. The molecule has 0 aromatic carbocycles. The van der Waals surface area contributed by atoms with Crippen molar-refractivity contribution in [1.82, 2.24) is 4.72 Å². The van der Waals surface area contributed by atoms with Crippen molar-refractivity contribution in [2.24, 2.45) is 5.73 Å². The van der Waals surface area contributed by atoms with Crippen molar-refractivity contribution in [3.63, 3.8) is 0 Å². The van der Waals surface area contributed by atoms with E-state index in [4.69, 9.17) is 10.5 Å². The molecule has 7 heteroatoms. The normalized spacial score (nSPS) is 20.9. The van der Waals surface area contributed by atoms with Crippen LogP contribution >= 0.6 is 11.3 Å². The summed E-state index contributed by atoms with van der Waals surface area (Å²) in [6.45, 7) is 1.43. The summed E-state index contributed by atoms with van der Waals surface area (Å²) in [6.07, 6.45) is 1.93. The summed E-state index contributed by atoms with van der Waals surface area (Å²) in [7, 11) is -3.41. The number of ether oxygens (including phenoxy) is 1. The molecule has 1 saturated heterocycles. The van der Waals surface area contributed by atoms with Crippen LogP contribution in [0.5, 0.6) is 0 Å². The van der Waals surface area contributed by atoms with Gasteiger partial charge >= 0.3 is 0 Å². The van der Waals surface area contributed by atoms with Crippen LogP contribution in [0.2, 0.25) is 0 Å². The van der Waals surface area contributed by atoms with Gasteiger partial charge in [0.1, 0.15) is 0 Å². The molecule has 2 heterocycles. The van der Waals surface area contributed by atoms with Gasteiger partial charge in [0.25, 0.3) is 0 Å². The van der Waals surface area contributed by atoms with Gasteiger partial charge in [-0.15, -0.1) is 11.3 Å². The molecule has 1 aromatic rings. The van der Waals surface area contributed by atoms with Crippen molar-refractivity contribution in [2.75, 3.05) is 13.2 Å². The van der Waals surface area contributed by atoms with Gasteiger partial charge in [0.15, 0.2) is 0 Å². The van der Waals surface area contributed by atoms with E-state index in [1.807, 2.05) is 0 Å². The van der Waals surface area contributed by atoms with Gasteiger partial charge in [0.2, 0.25) is 10.0 Å². The Morgan fingerprint density at radius 2 is 2.41 bits per heavy atom. The zero-order valence-corrected chi connectivity index (χ0v) is 11.0. The van der Waals surface area contributed by atoms with Crippen LogP contribution < -0.4 is 10.5 Å². The first-order valence-electron chi connectivity index (χ1n) is 5.50. The predicted octanol–water partition coefficient (Wildman–Crippen LogP) is 0.664. The third-order valence-corrected chi connectivity index (χ3v) is 5.18. The minimum absolute atomic E-state index is 0.0115. The Bertz CT molecular complexity index is 464. The monoisotopic (exact) mass is 276 g/mol. The fraction of sp³-hybridized carbons (Fsp3) is 0.600. The average Bonchev–Trinajstić information content (AvgIpc) is 2.98. The summed E-state index contributed by atoms with van der Waals surface area (Å²) in [5, 5.41) is 1.61. The van der Waals surface area contributed by atoms with Crippen molar-refractivity contribution < 1.29 is 13.2 Å². The van der Waals surface area contributed by atoms with Crippen molar-refractivity contribution in [3.8, 4) is 0 Å². The fourth-order valence-electron chi connectivity index (χ4n) is 1.70. The number of nitrogens with two attached hydrogens (primary N) is 1. The van der Waals surface area contributed by atoms with Gasteiger partial charge in [0.05, 0.1) is 11.0 Å². The molecule has 0 amide bonds. The average molecular weight is 276 g/mol. The first kappa shape index (κ1) is 13.0. The molecule has 1 fully saturated rings. The third-order valence-electron chi connectivity index (χ3n) is 2.67. The van der Waals surface area contributed by atoms with Gasteiger partial charge in [-0.25, -0.2) is 13.1 Å². The first-order chi connectivity index (χ1) is 8.12. The van der Waals surface area contributed by atoms with Gasteiger partial charge < -0.3 is 10.5 Å². The molecule has 0 bridgehead atoms. The second-order valence-corrected chi connectivity index (χ2v) is 6.70. The summed E-state index contributed by atoms with van der Waals surface area (Å²) < 4.78 is 31.8. The molecule has 5 nitrogen and oxygen atoms in total. The van der Waals surface area contributed by atoms with E-state index < -0.39 is 10.0 Å². The van der Waals surface area contributed by atoms with Crippen LogP contribution in [0.4, 0.5) is 0 Å². The highest BCUT2D eigenvalue weighted by molar-refractivity contribution is 7.89. The van der Waals surface area contributed by atoms with E-state index in [0.717, 1.165) is 24.3 Å². The van der Waals surface area contributed by atoms with Crippen LogP contribution in [0, 0.1) is 0 Å². The molecule has 0 aliphatic carbocycles. The largest absolute Gasteiger partial charge is 0.377 e. The predicted molar refractivity (Wildman–Crippen MR) is 66.4 cm³/mol. The molecule has 1 unspecified atom stereocenters. The number of thiophene rings is 1. The molecule has 3 N–H and O–H groups in total. The maximum atomic E-state index is 11.9. The molecule has 96 valence electrons. The summed E-state index contributed by atoms with van der Waals surface area (Å²) in [4.78, 5) is 1.16. The summed E-state index contributed by atoms with van der Waals surface area (Å²) in [5.41, 5.74) is 5.46. The lowest BCUT2D eigenvalue weighted by atomic mass is 10.2. The molecule has 17 heavy (non-hydrogen) atoms. The zero-order chi connectivity index (χ0) is 12.3. The van der Waals surface area contributed by atoms with E-state index in [-0.39, 0.29) is 6.10 Å². The van der Waals surface area contributed by atoms with E-state index in [2.05, 4.69) is 4.72 Å². The van der Waals surface area contributed by atoms with Crippen LogP contribution in [0.25, 0.3) is 0 Å². The second-order valence-electron chi connectivity index (χ2n) is 3.94. The molecule has 0 saturated carbocycles. The number of hydrogen-bond donors (Lipinski definition) is 2. The molecule has 1 atom stereocenters. The molecular weight excluding hydrogens is 260 g/mol. The number of rotatable bonds is 5. The second kappa shape index (κ2) is 5.45. The van der Waals surface area contributed by atoms with Gasteiger partial charge in [-0.2, -0.15) is 0 Å². The Balaban J connectivity index is 1.97. The van der Waals surface area contributed by atoms with Gasteiger partial charge in [-0.3, -0.25) is 0 Å². The van der Waals surface area contributed by atoms with Gasteiger partial charge in [-0.05, 0) is 18.9 Å². The lowest BCUT2D eigenvalue weighted by molar-refractivity contribution is 0.114. The standard InChI is InChI=1S/C10H16N2O3S2/c11-5-9-4-10(7-16-9)17(13,14)12-6-8-2-1-3-15-8/h4,7-8,12H,1-3,5-6,11H2. The summed E-state index contributed by atoms with van der Waals surface area (Å²) in [5.74, 6) is 0. The maximum absolute atomic E-state index is 11.9. The molecule has 2 rings (SSSR count). The number of sulfonamides is 1. The van der Waals surface area contributed by atoms with Crippen molar-refractivity contribution in [3.05, 3.63) is 16.3 Å². The topological polar surface area (TPSA) is 81.4 Å². The lowest BCUT2D eigenvalue weighted by Gasteiger charge is -2.10. The minimum atomic E-state index is -3.41. The zero-order valence-electron chi connectivity index (χ0n) is 9.39. The molecule has 1 aromatic heterocycles. The Morgan fingerprint density at radius 1 is 1.59 bits per heavy atom. The SMILES string of the molecule is NCc1cc(S(=O)(=O)NCC2CCCO2)cs1. The molecule has 0 radical (unpaired) electrons. The minimum Gasteiger partial charge on any atom is -0.377 e. The van der Waals surface area contributed by atoms with Crippen LogP contribution in [-0.2, 0) is 21.3 Å². The summed E-state index contributed by atoms with van der Waals surface area (Å²) in [6, 6.07) is 1.61. The van der Waals surface area contributed by atoms with Crippen LogP contribution in [-0.4, -0.2) is 27.7 Å². The number of hydrogen-bond acceptors (Lipinski definition) is 5. The van der Waals surface area contributed by atoms with Crippen molar-refractivity contribution in [2.45, 2.75) is 30.4 Å². The summed E-state index contributed by atoms with van der Waals surface area (Å²) >= 11 is 1.36. The highest BCUT2D eigenvalue weighted by Gasteiger charge is 2.20. The van der Waals surface area contributed by atoms with Crippen LogP contribution in [0.1, 0.15) is 17.7 Å². The van der Waals surface area contributed by atoms with E-state index in [0.29, 0.717) is 18.0 Å². The first-order valence-corrected chi connectivity index (χ1v) is 7.87. The van der Waals surface area contributed by atoms with E-state index in [9.17, 15) is 8.42 Å². The van der Waals surface area contributed by atoms with Crippen LogP contribution in [0.15, 0.2) is 16.3 Å². The van der Waals surface area contributed by atoms with E-state index in [1.54, 1.807) is 11.4 Å².